The van der Waals surface area contributed by atoms with E-state index in [0.29, 0.717) is 23.7 Å². The normalized spacial score (nSPS) is 11.4. The minimum Gasteiger partial charge on any atom is -0.481 e. The Hall–Kier alpha value is -3.29. The molecule has 1 N–H and O–H groups in total. The second-order valence-electron chi connectivity index (χ2n) is 5.93. The highest BCUT2D eigenvalue weighted by atomic mass is 16.4. The van der Waals surface area contributed by atoms with Gasteiger partial charge in [0.15, 0.2) is 5.82 Å². The smallest absolute Gasteiger partial charge is 0.303 e. The highest BCUT2D eigenvalue weighted by Crippen LogP contribution is 2.22. The van der Waals surface area contributed by atoms with Gasteiger partial charge in [0, 0.05) is 12.1 Å². The van der Waals surface area contributed by atoms with Gasteiger partial charge in [-0.05, 0) is 32.0 Å². The standard InChI is InChI=1S/C17H16N6O2/c1-10-9-11(2)23(21-10)16-17-20-19-14(7-8-15(24)25)22(17)13-6-4-3-5-12(13)18-16/h3-6,9H,7-8H2,1-2H3,(H,24,25). The van der Waals surface area contributed by atoms with Crippen LogP contribution in [0.1, 0.15) is 23.6 Å². The molecular weight excluding hydrogens is 320 g/mol. The lowest BCUT2D eigenvalue weighted by Crippen LogP contribution is -2.08. The molecule has 8 nitrogen and oxygen atoms in total. The Kier molecular flexibility index (Phi) is 3.45. The lowest BCUT2D eigenvalue weighted by molar-refractivity contribution is -0.137. The minimum atomic E-state index is -0.867. The van der Waals surface area contributed by atoms with Crippen LogP contribution in [0.5, 0.6) is 0 Å². The molecule has 4 aromatic rings. The van der Waals surface area contributed by atoms with Gasteiger partial charge in [-0.15, -0.1) is 10.2 Å². The molecular formula is C17H16N6O2. The van der Waals surface area contributed by atoms with E-state index >= 15 is 0 Å². The zero-order valence-electron chi connectivity index (χ0n) is 13.8. The molecule has 25 heavy (non-hydrogen) atoms. The average Bonchev–Trinajstić information content (AvgIpc) is 3.15. The summed E-state index contributed by atoms with van der Waals surface area (Å²) in [4.78, 5) is 15.7. The summed E-state index contributed by atoms with van der Waals surface area (Å²) < 4.78 is 3.61. The van der Waals surface area contributed by atoms with E-state index < -0.39 is 5.97 Å². The number of fused-ring (bicyclic) bond motifs is 3. The summed E-state index contributed by atoms with van der Waals surface area (Å²) >= 11 is 0. The quantitative estimate of drug-likeness (QED) is 0.613. The molecule has 0 radical (unpaired) electrons. The molecule has 0 aliphatic rings. The van der Waals surface area contributed by atoms with E-state index in [1.807, 2.05) is 48.6 Å². The highest BCUT2D eigenvalue weighted by molar-refractivity contribution is 5.80. The number of carbonyl (C=O) groups is 1. The van der Waals surface area contributed by atoms with Gasteiger partial charge in [0.2, 0.25) is 5.65 Å². The summed E-state index contributed by atoms with van der Waals surface area (Å²) in [5, 5.41) is 22.0. The Morgan fingerprint density at radius 1 is 1.20 bits per heavy atom. The van der Waals surface area contributed by atoms with Crippen molar-refractivity contribution in [1.29, 1.82) is 0 Å². The number of benzene rings is 1. The Bertz CT molecular complexity index is 1110. The molecule has 0 saturated heterocycles. The molecule has 3 aromatic heterocycles. The van der Waals surface area contributed by atoms with Gasteiger partial charge < -0.3 is 5.11 Å². The average molecular weight is 336 g/mol. The SMILES string of the molecule is Cc1cc(C)n(-c2nc3ccccc3n3c(CCC(=O)O)nnc23)n1. The van der Waals surface area contributed by atoms with Crippen LogP contribution in [-0.4, -0.2) is 40.4 Å². The molecule has 8 heteroatoms. The Labute approximate surface area is 142 Å². The fourth-order valence-corrected chi connectivity index (χ4v) is 2.99. The fraction of sp³-hybridized carbons (Fsp3) is 0.235. The summed E-state index contributed by atoms with van der Waals surface area (Å²) in [6.07, 6.45) is 0.285. The van der Waals surface area contributed by atoms with Crippen molar-refractivity contribution in [3.8, 4) is 5.82 Å². The maximum absolute atomic E-state index is 10.9. The van der Waals surface area contributed by atoms with Crippen LogP contribution in [0.3, 0.4) is 0 Å². The van der Waals surface area contributed by atoms with Crippen LogP contribution in [0.25, 0.3) is 22.5 Å². The number of aryl methyl sites for hydroxylation is 3. The molecule has 126 valence electrons. The lowest BCUT2D eigenvalue weighted by atomic mass is 10.2. The van der Waals surface area contributed by atoms with Crippen molar-refractivity contribution in [2.45, 2.75) is 26.7 Å². The molecule has 0 spiro atoms. The number of carboxylic acid groups (broad SMARTS) is 1. The molecule has 0 aliphatic heterocycles. The van der Waals surface area contributed by atoms with Crippen LogP contribution in [-0.2, 0) is 11.2 Å². The number of aliphatic carboxylic acids is 1. The van der Waals surface area contributed by atoms with Gasteiger partial charge in [0.05, 0.1) is 23.1 Å². The van der Waals surface area contributed by atoms with E-state index in [2.05, 4.69) is 15.3 Å². The van der Waals surface area contributed by atoms with Gasteiger partial charge in [-0.1, -0.05) is 12.1 Å². The Balaban J connectivity index is 2.03. The third-order valence-corrected chi connectivity index (χ3v) is 4.05. The van der Waals surface area contributed by atoms with Crippen molar-refractivity contribution < 1.29 is 9.90 Å². The predicted molar refractivity (Wildman–Crippen MR) is 90.8 cm³/mol. The number of hydrogen-bond donors (Lipinski definition) is 1. The topological polar surface area (TPSA) is 98.2 Å². The molecule has 0 aliphatic carbocycles. The first kappa shape index (κ1) is 15.3. The van der Waals surface area contributed by atoms with Gasteiger partial charge in [0.1, 0.15) is 5.82 Å². The second kappa shape index (κ2) is 5.66. The molecule has 0 unspecified atom stereocenters. The Morgan fingerprint density at radius 3 is 2.72 bits per heavy atom. The monoisotopic (exact) mass is 336 g/mol. The number of carboxylic acids is 1. The van der Waals surface area contributed by atoms with Crippen molar-refractivity contribution >= 4 is 22.6 Å². The maximum atomic E-state index is 10.9. The van der Waals surface area contributed by atoms with Crippen LogP contribution in [0.4, 0.5) is 0 Å². The second-order valence-corrected chi connectivity index (χ2v) is 5.93. The summed E-state index contributed by atoms with van der Waals surface area (Å²) in [6.45, 7) is 3.87. The minimum absolute atomic E-state index is 0.00726. The van der Waals surface area contributed by atoms with E-state index in [1.165, 1.54) is 0 Å². The van der Waals surface area contributed by atoms with Gasteiger partial charge in [-0.2, -0.15) is 5.10 Å². The van der Waals surface area contributed by atoms with Gasteiger partial charge in [-0.3, -0.25) is 9.20 Å². The van der Waals surface area contributed by atoms with Crippen molar-refractivity contribution in [3.63, 3.8) is 0 Å². The first-order chi connectivity index (χ1) is 12.0. The Morgan fingerprint density at radius 2 is 2.00 bits per heavy atom. The molecule has 4 rings (SSSR count). The van der Waals surface area contributed by atoms with Crippen molar-refractivity contribution in [3.05, 3.63) is 47.5 Å². The number of nitrogens with zero attached hydrogens (tertiary/aromatic N) is 6. The number of aromatic nitrogens is 6. The van der Waals surface area contributed by atoms with E-state index in [9.17, 15) is 4.79 Å². The van der Waals surface area contributed by atoms with E-state index in [-0.39, 0.29) is 6.42 Å². The summed E-state index contributed by atoms with van der Waals surface area (Å²) in [6, 6.07) is 9.62. The fourth-order valence-electron chi connectivity index (χ4n) is 2.99. The van der Waals surface area contributed by atoms with Gasteiger partial charge in [-0.25, -0.2) is 9.67 Å². The number of para-hydroxylation sites is 2. The number of rotatable bonds is 4. The largest absolute Gasteiger partial charge is 0.481 e. The molecule has 0 fully saturated rings. The lowest BCUT2D eigenvalue weighted by Gasteiger charge is -2.09. The molecule has 3 heterocycles. The number of hydrogen-bond acceptors (Lipinski definition) is 5. The van der Waals surface area contributed by atoms with Crippen LogP contribution in [0.15, 0.2) is 30.3 Å². The molecule has 1 aromatic carbocycles. The predicted octanol–water partition coefficient (Wildman–Crippen LogP) is 2.10. The van der Waals surface area contributed by atoms with E-state index in [0.717, 1.165) is 22.4 Å². The zero-order chi connectivity index (χ0) is 17.6. The zero-order valence-corrected chi connectivity index (χ0v) is 13.8. The summed E-state index contributed by atoms with van der Waals surface area (Å²) in [5.74, 6) is 0.311. The first-order valence-electron chi connectivity index (χ1n) is 7.93. The van der Waals surface area contributed by atoms with Crippen molar-refractivity contribution in [1.82, 2.24) is 29.4 Å². The highest BCUT2D eigenvalue weighted by Gasteiger charge is 2.18. The third-order valence-electron chi connectivity index (χ3n) is 4.05. The van der Waals surface area contributed by atoms with Crippen LogP contribution >= 0.6 is 0 Å². The summed E-state index contributed by atoms with van der Waals surface area (Å²) in [5.41, 5.74) is 4.00. The van der Waals surface area contributed by atoms with E-state index in [1.54, 1.807) is 4.68 Å². The van der Waals surface area contributed by atoms with Gasteiger partial charge >= 0.3 is 5.97 Å². The van der Waals surface area contributed by atoms with Crippen LogP contribution in [0.2, 0.25) is 0 Å². The molecule has 0 atom stereocenters. The molecule has 0 bridgehead atoms. The molecule has 0 saturated carbocycles. The summed E-state index contributed by atoms with van der Waals surface area (Å²) in [7, 11) is 0. The first-order valence-corrected chi connectivity index (χ1v) is 7.93. The van der Waals surface area contributed by atoms with E-state index in [4.69, 9.17) is 10.1 Å². The van der Waals surface area contributed by atoms with Gasteiger partial charge in [0.25, 0.3) is 0 Å². The third kappa shape index (κ3) is 2.51. The van der Waals surface area contributed by atoms with Crippen LogP contribution in [0, 0.1) is 13.8 Å². The molecule has 0 amide bonds. The van der Waals surface area contributed by atoms with Crippen molar-refractivity contribution in [2.75, 3.05) is 0 Å². The maximum Gasteiger partial charge on any atom is 0.303 e. The van der Waals surface area contributed by atoms with Crippen LogP contribution < -0.4 is 0 Å². The van der Waals surface area contributed by atoms with Crippen molar-refractivity contribution in [2.24, 2.45) is 0 Å².